The Morgan fingerprint density at radius 3 is 2.77 bits per heavy atom. The van der Waals surface area contributed by atoms with Gasteiger partial charge in [0.1, 0.15) is 5.60 Å². The van der Waals surface area contributed by atoms with Gasteiger partial charge in [0.15, 0.2) is 0 Å². The van der Waals surface area contributed by atoms with E-state index < -0.39 is 46.4 Å². The number of hydrogen-bond donors (Lipinski definition) is 2. The maximum absolute atomic E-state index is 13.0. The van der Waals surface area contributed by atoms with Crippen LogP contribution in [0.25, 0.3) is 0 Å². The summed E-state index contributed by atoms with van der Waals surface area (Å²) in [5.74, 6) is -1.48. The van der Waals surface area contributed by atoms with Crippen molar-refractivity contribution in [2.24, 2.45) is 39.9 Å². The third-order valence-electron chi connectivity index (χ3n) is 9.60. The van der Waals surface area contributed by atoms with E-state index >= 15 is 0 Å². The molecular weight excluding hydrogens is 336 g/mol. The number of fused-ring (bicyclic) bond motifs is 1. The van der Waals surface area contributed by atoms with Crippen LogP contribution in [0.5, 0.6) is 0 Å². The van der Waals surface area contributed by atoms with Crippen molar-refractivity contribution in [3.05, 3.63) is 12.2 Å². The van der Waals surface area contributed by atoms with Gasteiger partial charge in [-0.3, -0.25) is 9.59 Å². The van der Waals surface area contributed by atoms with Gasteiger partial charge in [0, 0.05) is 22.7 Å². The molecule has 7 aliphatic rings. The summed E-state index contributed by atoms with van der Waals surface area (Å²) in [6, 6.07) is 0. The molecule has 2 spiro atoms. The summed E-state index contributed by atoms with van der Waals surface area (Å²) in [7, 11) is 1.39. The van der Waals surface area contributed by atoms with Gasteiger partial charge < -0.3 is 19.7 Å². The molecule has 7 fully saturated rings. The van der Waals surface area contributed by atoms with Crippen molar-refractivity contribution >= 4 is 11.9 Å². The fraction of sp³-hybridized carbons (Fsp3) is 0.800. The van der Waals surface area contributed by atoms with E-state index in [9.17, 15) is 19.8 Å². The second-order valence-electron chi connectivity index (χ2n) is 9.70. The maximum atomic E-state index is 13.0. The van der Waals surface area contributed by atoms with Gasteiger partial charge in [-0.05, 0) is 38.5 Å². The molecule has 0 aromatic heterocycles. The van der Waals surface area contributed by atoms with E-state index in [1.807, 2.05) is 0 Å². The predicted molar refractivity (Wildman–Crippen MR) is 87.4 cm³/mol. The van der Waals surface area contributed by atoms with Crippen molar-refractivity contribution in [2.45, 2.75) is 50.4 Å². The third-order valence-corrected chi connectivity index (χ3v) is 9.60. The summed E-state index contributed by atoms with van der Waals surface area (Å²) in [5.41, 5.74) is -1.64. The van der Waals surface area contributed by atoms with E-state index in [1.54, 1.807) is 6.92 Å². The highest BCUT2D eigenvalue weighted by Crippen LogP contribution is 2.98. The van der Waals surface area contributed by atoms with Crippen molar-refractivity contribution < 1.29 is 29.3 Å². The first-order valence-electron chi connectivity index (χ1n) is 9.60. The van der Waals surface area contributed by atoms with Gasteiger partial charge in [0.2, 0.25) is 0 Å². The summed E-state index contributed by atoms with van der Waals surface area (Å²) in [4.78, 5) is 26.0. The van der Waals surface area contributed by atoms with Gasteiger partial charge in [-0.2, -0.15) is 0 Å². The van der Waals surface area contributed by atoms with Crippen molar-refractivity contribution in [3.8, 4) is 0 Å². The number of esters is 2. The molecule has 6 bridgehead atoms. The zero-order valence-corrected chi connectivity index (χ0v) is 15.0. The fourth-order valence-electron chi connectivity index (χ4n) is 8.97. The number of carbonyl (C=O) groups excluding carboxylic acids is 2. The SMILES string of the molecule is C=C1[C@H]2C[C@]34[C@@H](C(=O)OC)[C@@H]5[C@]6(C)C(=O)O[C@]5(CC[C@H]6O)[C@@]3(C[C@@H]2O)[C@@H]14. The van der Waals surface area contributed by atoms with Crippen molar-refractivity contribution in [3.63, 3.8) is 0 Å². The van der Waals surface area contributed by atoms with Gasteiger partial charge in [-0.25, -0.2) is 0 Å². The quantitative estimate of drug-likeness (QED) is 0.531. The molecule has 6 nitrogen and oxygen atoms in total. The molecule has 26 heavy (non-hydrogen) atoms. The molecule has 6 heteroatoms. The standard InChI is InChI=1S/C20H24O6/c1-8-9-6-18-12(15(23)25-3)14-17(2)11(22)4-5-20(14,26-16(17)24)19(18,13(8)18)7-10(9)21/h9-14,21-22H,1,4-7H2,2-3H3/t9-,10+,11-,12-,13+,14-,17-,18-,19+,20+/m1/s1. The number of aliphatic hydroxyl groups is 2. The molecule has 1 saturated heterocycles. The summed E-state index contributed by atoms with van der Waals surface area (Å²) in [6.07, 6.45) is 0.945. The summed E-state index contributed by atoms with van der Waals surface area (Å²) < 4.78 is 11.3. The van der Waals surface area contributed by atoms with Crippen LogP contribution in [0.2, 0.25) is 0 Å². The average molecular weight is 360 g/mol. The Hall–Kier alpha value is -1.40. The van der Waals surface area contributed by atoms with Crippen LogP contribution < -0.4 is 0 Å². The van der Waals surface area contributed by atoms with Gasteiger partial charge in [0.05, 0.1) is 30.7 Å². The minimum absolute atomic E-state index is 0.0116. The molecular formula is C20H24O6. The first-order valence-corrected chi connectivity index (χ1v) is 9.60. The topological polar surface area (TPSA) is 93.1 Å². The first kappa shape index (κ1) is 15.6. The van der Waals surface area contributed by atoms with Crippen LogP contribution in [0.1, 0.15) is 32.6 Å². The molecule has 1 heterocycles. The van der Waals surface area contributed by atoms with Crippen LogP contribution in [-0.2, 0) is 19.1 Å². The van der Waals surface area contributed by atoms with Crippen molar-refractivity contribution in [1.29, 1.82) is 0 Å². The van der Waals surface area contributed by atoms with E-state index in [0.717, 1.165) is 5.57 Å². The minimum Gasteiger partial charge on any atom is -0.469 e. The van der Waals surface area contributed by atoms with E-state index in [2.05, 4.69) is 6.58 Å². The van der Waals surface area contributed by atoms with E-state index in [-0.39, 0.29) is 23.2 Å². The Kier molecular flexibility index (Phi) is 2.35. The highest BCUT2D eigenvalue weighted by molar-refractivity contribution is 5.88. The summed E-state index contributed by atoms with van der Waals surface area (Å²) in [5, 5.41) is 21.5. The number of carbonyl (C=O) groups is 2. The lowest BCUT2D eigenvalue weighted by molar-refractivity contribution is -0.164. The van der Waals surface area contributed by atoms with E-state index in [4.69, 9.17) is 9.47 Å². The second-order valence-corrected chi connectivity index (χ2v) is 9.70. The third kappa shape index (κ3) is 1.06. The molecule has 6 saturated carbocycles. The molecule has 6 aliphatic carbocycles. The van der Waals surface area contributed by atoms with Gasteiger partial charge in [0.25, 0.3) is 0 Å². The average Bonchev–Trinajstić information content (AvgIpc) is 2.91. The molecule has 10 atom stereocenters. The highest BCUT2D eigenvalue weighted by atomic mass is 16.6. The molecule has 2 N–H and O–H groups in total. The Morgan fingerprint density at radius 2 is 2.08 bits per heavy atom. The summed E-state index contributed by atoms with van der Waals surface area (Å²) in [6.45, 7) is 6.02. The predicted octanol–water partition coefficient (Wildman–Crippen LogP) is 0.805. The Labute approximate surface area is 151 Å². The van der Waals surface area contributed by atoms with Crippen LogP contribution >= 0.6 is 0 Å². The molecule has 0 amide bonds. The molecule has 7 rings (SSSR count). The van der Waals surface area contributed by atoms with E-state index in [1.165, 1.54) is 7.11 Å². The lowest BCUT2D eigenvalue weighted by atomic mass is 9.54. The molecule has 0 radical (unpaired) electrons. The maximum Gasteiger partial charge on any atom is 0.315 e. The Morgan fingerprint density at radius 1 is 1.35 bits per heavy atom. The second kappa shape index (κ2) is 3.90. The highest BCUT2D eigenvalue weighted by Gasteiger charge is 3.01. The Bertz CT molecular complexity index is 806. The number of hydrogen-bond acceptors (Lipinski definition) is 6. The number of ether oxygens (including phenoxy) is 2. The zero-order valence-electron chi connectivity index (χ0n) is 15.0. The fourth-order valence-corrected chi connectivity index (χ4v) is 8.97. The Balaban J connectivity index is 1.64. The normalized spacial score (nSPS) is 63.2. The lowest BCUT2D eigenvalue weighted by Crippen LogP contribution is -2.57. The number of aliphatic hydroxyl groups excluding tert-OH is 2. The number of rotatable bonds is 1. The van der Waals surface area contributed by atoms with Crippen molar-refractivity contribution in [2.75, 3.05) is 7.11 Å². The van der Waals surface area contributed by atoms with Gasteiger partial charge in [-0.1, -0.05) is 12.2 Å². The molecule has 1 aliphatic heterocycles. The van der Waals surface area contributed by atoms with Crippen LogP contribution in [-0.4, -0.2) is 47.1 Å². The van der Waals surface area contributed by atoms with Gasteiger partial charge >= 0.3 is 11.9 Å². The zero-order chi connectivity index (χ0) is 18.4. The van der Waals surface area contributed by atoms with Crippen LogP contribution in [0.4, 0.5) is 0 Å². The van der Waals surface area contributed by atoms with E-state index in [0.29, 0.717) is 25.7 Å². The molecule has 140 valence electrons. The smallest absolute Gasteiger partial charge is 0.315 e. The van der Waals surface area contributed by atoms with Crippen molar-refractivity contribution in [1.82, 2.24) is 0 Å². The van der Waals surface area contributed by atoms with Crippen LogP contribution in [0, 0.1) is 39.9 Å². The van der Waals surface area contributed by atoms with Crippen LogP contribution in [0.3, 0.4) is 0 Å². The first-order chi connectivity index (χ1) is 12.2. The largest absolute Gasteiger partial charge is 0.469 e. The molecule has 0 aromatic rings. The monoisotopic (exact) mass is 360 g/mol. The van der Waals surface area contributed by atoms with Crippen LogP contribution in [0.15, 0.2) is 12.2 Å². The molecule has 0 aromatic carbocycles. The van der Waals surface area contributed by atoms with Gasteiger partial charge in [-0.15, -0.1) is 0 Å². The lowest BCUT2D eigenvalue weighted by Gasteiger charge is -2.49. The summed E-state index contributed by atoms with van der Waals surface area (Å²) >= 11 is 0. The number of methoxy groups -OCH3 is 1. The molecule has 0 unspecified atom stereocenters. The minimum atomic E-state index is -1.09.